The van der Waals surface area contributed by atoms with Gasteiger partial charge in [0.2, 0.25) is 0 Å². The number of alkyl halides is 3. The molecule has 0 fully saturated rings. The van der Waals surface area contributed by atoms with E-state index in [0.717, 1.165) is 12.1 Å². The van der Waals surface area contributed by atoms with Gasteiger partial charge in [0, 0.05) is 6.20 Å². The molecule has 0 saturated heterocycles. The average Bonchev–Trinajstić information content (AvgIpc) is 2.69. The number of nitrogens with zero attached hydrogens (tertiary/aromatic N) is 2. The summed E-state index contributed by atoms with van der Waals surface area (Å²) in [4.78, 5) is 16.9. The Hall–Kier alpha value is -3.36. The van der Waals surface area contributed by atoms with Crippen LogP contribution in [0.3, 0.4) is 0 Å². The highest BCUT2D eigenvalue weighted by atomic mass is 19.4. The molecule has 0 radical (unpaired) electrons. The number of ether oxygens (including phenoxy) is 1. The van der Waals surface area contributed by atoms with Crippen molar-refractivity contribution in [3.05, 3.63) is 88.8 Å². The molecule has 0 saturated carbocycles. The van der Waals surface area contributed by atoms with E-state index in [-0.39, 0.29) is 23.7 Å². The molecule has 0 bridgehead atoms. The Bertz CT molecular complexity index is 968. The molecule has 9 heteroatoms. The fraction of sp³-hybridized carbons (Fsp3) is 0.200. The van der Waals surface area contributed by atoms with Crippen molar-refractivity contribution in [1.82, 2.24) is 9.88 Å². The number of pyridine rings is 1. The van der Waals surface area contributed by atoms with Gasteiger partial charge in [0.25, 0.3) is 0 Å². The topological polar surface area (TPSA) is 62.7 Å². The second-order valence-corrected chi connectivity index (χ2v) is 6.23. The molecule has 0 amide bonds. The molecule has 1 aromatic heterocycles. The van der Waals surface area contributed by atoms with Gasteiger partial charge in [-0.1, -0.05) is 12.1 Å². The summed E-state index contributed by atoms with van der Waals surface area (Å²) in [5, 5.41) is 9.34. The highest BCUT2D eigenvalue weighted by Gasteiger charge is 2.34. The molecule has 1 aliphatic heterocycles. The highest BCUT2D eigenvalue weighted by molar-refractivity contribution is 5.87. The minimum Gasteiger partial charge on any atom is -0.482 e. The molecule has 152 valence electrons. The highest BCUT2D eigenvalue weighted by Crippen LogP contribution is 2.36. The lowest BCUT2D eigenvalue weighted by molar-refractivity contribution is -0.137. The van der Waals surface area contributed by atoms with Crippen molar-refractivity contribution in [3.63, 3.8) is 0 Å². The van der Waals surface area contributed by atoms with Crippen molar-refractivity contribution < 1.29 is 32.2 Å². The number of benzene rings is 1. The maximum atomic E-state index is 14.6. The Morgan fingerprint density at radius 1 is 1.21 bits per heavy atom. The summed E-state index contributed by atoms with van der Waals surface area (Å²) in [6.45, 7) is -0.156. The fourth-order valence-electron chi connectivity index (χ4n) is 3.06. The van der Waals surface area contributed by atoms with E-state index in [1.54, 1.807) is 0 Å². The molecule has 2 heterocycles. The molecule has 29 heavy (non-hydrogen) atoms. The van der Waals surface area contributed by atoms with E-state index in [4.69, 9.17) is 4.74 Å². The van der Waals surface area contributed by atoms with Crippen LogP contribution in [0.15, 0.2) is 66.2 Å². The van der Waals surface area contributed by atoms with Gasteiger partial charge in [0.05, 0.1) is 24.8 Å². The van der Waals surface area contributed by atoms with Crippen LogP contribution in [0.2, 0.25) is 0 Å². The molecule has 1 aromatic carbocycles. The van der Waals surface area contributed by atoms with Crippen molar-refractivity contribution in [1.29, 1.82) is 0 Å². The SMILES string of the molecule is COC1=CC=C(C(=O)O)CN1C(c1ccc(C(F)(F)F)cc1)c1ncccc1F. The number of carboxylic acids is 1. The Kier molecular flexibility index (Phi) is 5.58. The summed E-state index contributed by atoms with van der Waals surface area (Å²) in [6.07, 6.45) is -0.406. The molecular formula is C20H16F4N2O3. The number of hydrogen-bond acceptors (Lipinski definition) is 4. The van der Waals surface area contributed by atoms with Crippen LogP contribution in [0, 0.1) is 5.82 Å². The molecule has 5 nitrogen and oxygen atoms in total. The van der Waals surface area contributed by atoms with Crippen LogP contribution in [0.1, 0.15) is 22.9 Å². The third-order valence-electron chi connectivity index (χ3n) is 4.45. The van der Waals surface area contributed by atoms with Crippen LogP contribution in [-0.4, -0.2) is 34.6 Å². The zero-order chi connectivity index (χ0) is 21.2. The normalized spacial score (nSPS) is 15.4. The predicted molar refractivity (Wildman–Crippen MR) is 95.0 cm³/mol. The van der Waals surface area contributed by atoms with E-state index < -0.39 is 29.6 Å². The lowest BCUT2D eigenvalue weighted by Gasteiger charge is -2.36. The number of aliphatic carboxylic acids is 1. The van der Waals surface area contributed by atoms with Crippen molar-refractivity contribution in [2.75, 3.05) is 13.7 Å². The zero-order valence-electron chi connectivity index (χ0n) is 15.2. The summed E-state index contributed by atoms with van der Waals surface area (Å²) in [5.41, 5.74) is -0.611. The number of hydrogen-bond donors (Lipinski definition) is 1. The smallest absolute Gasteiger partial charge is 0.416 e. The number of allylic oxidation sites excluding steroid dienone is 2. The molecule has 3 rings (SSSR count). The molecule has 2 aromatic rings. The van der Waals surface area contributed by atoms with Gasteiger partial charge in [0.15, 0.2) is 5.88 Å². The summed E-state index contributed by atoms with van der Waals surface area (Å²) in [7, 11) is 1.36. The van der Waals surface area contributed by atoms with Gasteiger partial charge in [-0.15, -0.1) is 0 Å². The first-order chi connectivity index (χ1) is 13.7. The third kappa shape index (κ3) is 4.23. The van der Waals surface area contributed by atoms with Crippen LogP contribution in [0.4, 0.5) is 17.6 Å². The quantitative estimate of drug-likeness (QED) is 0.754. The molecule has 0 spiro atoms. The number of rotatable bonds is 5. The molecule has 0 aliphatic carbocycles. The Morgan fingerprint density at radius 3 is 2.45 bits per heavy atom. The number of methoxy groups -OCH3 is 1. The van der Waals surface area contributed by atoms with Gasteiger partial charge < -0.3 is 14.7 Å². The molecule has 1 aliphatic rings. The zero-order valence-corrected chi connectivity index (χ0v) is 15.2. The largest absolute Gasteiger partial charge is 0.482 e. The average molecular weight is 408 g/mol. The first-order valence-electron chi connectivity index (χ1n) is 8.44. The Morgan fingerprint density at radius 2 is 1.90 bits per heavy atom. The van der Waals surface area contributed by atoms with Gasteiger partial charge in [-0.3, -0.25) is 4.98 Å². The van der Waals surface area contributed by atoms with Crippen LogP contribution in [-0.2, 0) is 15.7 Å². The lowest BCUT2D eigenvalue weighted by atomic mass is 9.97. The van der Waals surface area contributed by atoms with Crippen molar-refractivity contribution in [2.24, 2.45) is 0 Å². The third-order valence-corrected chi connectivity index (χ3v) is 4.45. The predicted octanol–water partition coefficient (Wildman–Crippen LogP) is 4.14. The Balaban J connectivity index is 2.12. The van der Waals surface area contributed by atoms with E-state index in [1.807, 2.05) is 0 Å². The molecule has 1 atom stereocenters. The fourth-order valence-corrected chi connectivity index (χ4v) is 3.06. The van der Waals surface area contributed by atoms with Gasteiger partial charge in [-0.05, 0) is 42.0 Å². The van der Waals surface area contributed by atoms with Gasteiger partial charge in [-0.25, -0.2) is 9.18 Å². The second-order valence-electron chi connectivity index (χ2n) is 6.23. The maximum absolute atomic E-state index is 14.6. The number of aromatic nitrogens is 1. The second kappa shape index (κ2) is 7.94. The summed E-state index contributed by atoms with van der Waals surface area (Å²) in [6, 6.07) is 5.76. The molecule has 1 N–H and O–H groups in total. The maximum Gasteiger partial charge on any atom is 0.416 e. The van der Waals surface area contributed by atoms with Crippen LogP contribution in [0.25, 0.3) is 0 Å². The van der Waals surface area contributed by atoms with E-state index in [0.29, 0.717) is 5.56 Å². The van der Waals surface area contributed by atoms with E-state index >= 15 is 0 Å². The van der Waals surface area contributed by atoms with Crippen molar-refractivity contribution in [2.45, 2.75) is 12.2 Å². The summed E-state index contributed by atoms with van der Waals surface area (Å²) in [5.74, 6) is -1.63. The van der Waals surface area contributed by atoms with Gasteiger partial charge >= 0.3 is 12.1 Å². The monoisotopic (exact) mass is 408 g/mol. The minimum atomic E-state index is -4.52. The van der Waals surface area contributed by atoms with Gasteiger partial charge in [0.1, 0.15) is 17.6 Å². The molecular weight excluding hydrogens is 392 g/mol. The van der Waals surface area contributed by atoms with E-state index in [9.17, 15) is 27.5 Å². The van der Waals surface area contributed by atoms with E-state index in [2.05, 4.69) is 4.98 Å². The first kappa shape index (κ1) is 20.4. The minimum absolute atomic E-state index is 0.0130. The Labute approximate surface area is 163 Å². The van der Waals surface area contributed by atoms with Crippen LogP contribution in [0.5, 0.6) is 0 Å². The van der Waals surface area contributed by atoms with Crippen LogP contribution >= 0.6 is 0 Å². The lowest BCUT2D eigenvalue weighted by Crippen LogP contribution is -2.35. The number of carbonyl (C=O) groups is 1. The number of carboxylic acid groups (broad SMARTS) is 1. The molecule has 1 unspecified atom stereocenters. The summed E-state index contributed by atoms with van der Waals surface area (Å²) >= 11 is 0. The summed E-state index contributed by atoms with van der Waals surface area (Å²) < 4.78 is 58.7. The van der Waals surface area contributed by atoms with E-state index in [1.165, 1.54) is 54.6 Å². The van der Waals surface area contributed by atoms with Crippen molar-refractivity contribution in [3.8, 4) is 0 Å². The first-order valence-corrected chi connectivity index (χ1v) is 8.44. The standard InChI is InChI=1S/C20H16F4N2O3/c1-29-16-9-6-13(19(27)28)11-26(16)18(17-15(21)3-2-10-25-17)12-4-7-14(8-5-12)20(22,23)24/h2-10,18H,11H2,1H3,(H,27,28). The van der Waals surface area contributed by atoms with Crippen LogP contribution < -0.4 is 0 Å². The van der Waals surface area contributed by atoms with Crippen molar-refractivity contribution >= 4 is 5.97 Å². The van der Waals surface area contributed by atoms with Gasteiger partial charge in [-0.2, -0.15) is 13.2 Å². The number of halogens is 4.